The number of halogens is 1. The summed E-state index contributed by atoms with van der Waals surface area (Å²) in [6.07, 6.45) is 4.91. The van der Waals surface area contributed by atoms with Crippen molar-refractivity contribution in [3.63, 3.8) is 0 Å². The van der Waals surface area contributed by atoms with Crippen LogP contribution >= 0.6 is 11.6 Å². The van der Waals surface area contributed by atoms with Crippen LogP contribution in [0.5, 0.6) is 0 Å². The lowest BCUT2D eigenvalue weighted by atomic mass is 9.69. The van der Waals surface area contributed by atoms with Crippen LogP contribution in [0, 0.1) is 5.92 Å². The van der Waals surface area contributed by atoms with Gasteiger partial charge in [-0.05, 0) is 42.9 Å². The summed E-state index contributed by atoms with van der Waals surface area (Å²) in [5.41, 5.74) is 1.05. The third-order valence-electron chi connectivity index (χ3n) is 5.95. The van der Waals surface area contributed by atoms with Crippen LogP contribution in [0.15, 0.2) is 65.6 Å². The van der Waals surface area contributed by atoms with E-state index >= 15 is 0 Å². The van der Waals surface area contributed by atoms with E-state index in [0.717, 1.165) is 31.2 Å². The van der Waals surface area contributed by atoms with Gasteiger partial charge in [0.15, 0.2) is 0 Å². The smallest absolute Gasteiger partial charge is 0.207 e. The average Bonchev–Trinajstić information content (AvgIpc) is 2.68. The summed E-state index contributed by atoms with van der Waals surface area (Å²) in [5, 5.41) is 0. The third-order valence-corrected chi connectivity index (χ3v) is 8.51. The number of rotatable bonds is 3. The van der Waals surface area contributed by atoms with Gasteiger partial charge in [-0.15, -0.1) is 11.6 Å². The maximum atomic E-state index is 13.4. The highest BCUT2D eigenvalue weighted by atomic mass is 35.5. The molecule has 1 heterocycles. The monoisotopic (exact) mass is 389 g/mol. The minimum absolute atomic E-state index is 0.146. The van der Waals surface area contributed by atoms with Gasteiger partial charge in [-0.1, -0.05) is 61.4 Å². The molecule has 26 heavy (non-hydrogen) atoms. The molecule has 0 N–H and O–H groups in total. The first kappa shape index (κ1) is 18.0. The van der Waals surface area contributed by atoms with E-state index in [9.17, 15) is 8.42 Å². The highest BCUT2D eigenvalue weighted by Gasteiger charge is 2.51. The number of benzene rings is 2. The van der Waals surface area contributed by atoms with Crippen LogP contribution < -0.4 is 0 Å². The summed E-state index contributed by atoms with van der Waals surface area (Å²) in [6, 6.07) is 18.6. The second-order valence-corrected chi connectivity index (χ2v) is 10.1. The maximum Gasteiger partial charge on any atom is 0.243 e. The number of sulfonamides is 1. The van der Waals surface area contributed by atoms with Crippen LogP contribution in [0.2, 0.25) is 0 Å². The fraction of sp³-hybridized carbons (Fsp3) is 0.429. The van der Waals surface area contributed by atoms with Crippen LogP contribution in [-0.4, -0.2) is 24.1 Å². The molecule has 2 aromatic rings. The summed E-state index contributed by atoms with van der Waals surface area (Å²) in [4.78, 5) is 0.0698. The van der Waals surface area contributed by atoms with Gasteiger partial charge in [0.05, 0.1) is 15.8 Å². The summed E-state index contributed by atoms with van der Waals surface area (Å²) in [5.74, 6) is 0.146. The molecule has 2 aromatic carbocycles. The van der Waals surface area contributed by atoms with Crippen molar-refractivity contribution in [2.24, 2.45) is 5.92 Å². The maximum absolute atomic E-state index is 13.4. The van der Waals surface area contributed by atoms with Crippen molar-refractivity contribution in [2.75, 3.05) is 6.54 Å². The molecule has 2 fully saturated rings. The normalized spacial score (nSPS) is 29.9. The van der Waals surface area contributed by atoms with Crippen molar-refractivity contribution in [2.45, 2.75) is 47.9 Å². The minimum Gasteiger partial charge on any atom is -0.207 e. The fourth-order valence-corrected chi connectivity index (χ4v) is 6.78. The Labute approximate surface area is 161 Å². The summed E-state index contributed by atoms with van der Waals surface area (Å²) < 4.78 is 28.6. The highest BCUT2D eigenvalue weighted by Crippen LogP contribution is 2.53. The Morgan fingerprint density at radius 1 is 0.923 bits per heavy atom. The zero-order chi connectivity index (χ0) is 18.2. The van der Waals surface area contributed by atoms with Crippen molar-refractivity contribution in [1.29, 1.82) is 0 Å². The largest absolute Gasteiger partial charge is 0.243 e. The van der Waals surface area contributed by atoms with Crippen LogP contribution in [0.3, 0.4) is 0 Å². The standard InChI is InChI=1S/C21H24ClNO2S/c22-21-14-8-7-13-19(21)20(17-9-3-1-4-10-17)23(16-15-21)26(24,25)18-11-5-2-6-12-18/h1-6,9-12,19-20H,7-8,13-16H2/t19-,20+,21+/m1/s1. The van der Waals surface area contributed by atoms with Gasteiger partial charge in [0.25, 0.3) is 0 Å². The van der Waals surface area contributed by atoms with Gasteiger partial charge in [0.1, 0.15) is 0 Å². The lowest BCUT2D eigenvalue weighted by Gasteiger charge is -2.51. The van der Waals surface area contributed by atoms with Crippen molar-refractivity contribution in [3.8, 4) is 0 Å². The second kappa shape index (κ2) is 6.99. The van der Waals surface area contributed by atoms with Crippen molar-refractivity contribution in [1.82, 2.24) is 4.31 Å². The molecule has 0 aromatic heterocycles. The Kier molecular flexibility index (Phi) is 4.84. The molecule has 1 aliphatic carbocycles. The van der Waals surface area contributed by atoms with Gasteiger partial charge in [-0.3, -0.25) is 0 Å². The molecule has 4 rings (SSSR count). The number of nitrogens with zero attached hydrogens (tertiary/aromatic N) is 1. The molecule has 2 aliphatic rings. The number of alkyl halides is 1. The lowest BCUT2D eigenvalue weighted by Crippen LogP contribution is -2.53. The van der Waals surface area contributed by atoms with E-state index in [1.807, 2.05) is 36.4 Å². The van der Waals surface area contributed by atoms with E-state index < -0.39 is 10.0 Å². The molecular formula is C21H24ClNO2S. The van der Waals surface area contributed by atoms with Crippen LogP contribution in [0.1, 0.15) is 43.7 Å². The third kappa shape index (κ3) is 3.08. The molecule has 3 atom stereocenters. The molecule has 138 valence electrons. The predicted molar refractivity (Wildman–Crippen MR) is 105 cm³/mol. The fourth-order valence-electron chi connectivity index (χ4n) is 4.66. The van der Waals surface area contributed by atoms with Crippen molar-refractivity contribution in [3.05, 3.63) is 66.2 Å². The van der Waals surface area contributed by atoms with Gasteiger partial charge in [0.2, 0.25) is 10.0 Å². The molecule has 0 bridgehead atoms. The summed E-state index contributed by atoms with van der Waals surface area (Å²) in [6.45, 7) is 0.469. The van der Waals surface area contributed by atoms with E-state index in [1.54, 1.807) is 28.6 Å². The minimum atomic E-state index is -3.56. The zero-order valence-electron chi connectivity index (χ0n) is 14.7. The van der Waals surface area contributed by atoms with Crippen molar-refractivity contribution >= 4 is 21.6 Å². The van der Waals surface area contributed by atoms with Crippen molar-refractivity contribution < 1.29 is 8.42 Å². The molecule has 3 nitrogen and oxygen atoms in total. The molecule has 1 aliphatic heterocycles. The molecule has 0 spiro atoms. The Hall–Kier alpha value is -1.36. The lowest BCUT2D eigenvalue weighted by molar-refractivity contribution is 0.0933. The number of fused-ring (bicyclic) bond motifs is 1. The Morgan fingerprint density at radius 2 is 1.58 bits per heavy atom. The zero-order valence-corrected chi connectivity index (χ0v) is 16.3. The molecule has 5 heteroatoms. The molecule has 0 radical (unpaired) electrons. The van der Waals surface area contributed by atoms with Gasteiger partial charge in [0, 0.05) is 6.54 Å². The first-order valence-electron chi connectivity index (χ1n) is 9.33. The van der Waals surface area contributed by atoms with E-state index in [0.29, 0.717) is 17.9 Å². The van der Waals surface area contributed by atoms with Gasteiger partial charge in [-0.25, -0.2) is 8.42 Å². The summed E-state index contributed by atoms with van der Waals surface area (Å²) in [7, 11) is -3.56. The van der Waals surface area contributed by atoms with E-state index in [-0.39, 0.29) is 16.8 Å². The topological polar surface area (TPSA) is 37.4 Å². The van der Waals surface area contributed by atoms with Crippen LogP contribution in [-0.2, 0) is 10.0 Å². The summed E-state index contributed by atoms with van der Waals surface area (Å²) >= 11 is 7.06. The number of hydrogen-bond donors (Lipinski definition) is 0. The SMILES string of the molecule is O=S(=O)(c1ccccc1)N1CC[C@@]2(Cl)CCCC[C@@H]2[C@@H]1c1ccccc1. The molecule has 1 saturated carbocycles. The number of hydrogen-bond acceptors (Lipinski definition) is 2. The number of piperidine rings is 1. The Morgan fingerprint density at radius 3 is 2.27 bits per heavy atom. The quantitative estimate of drug-likeness (QED) is 0.693. The van der Waals surface area contributed by atoms with Gasteiger partial charge >= 0.3 is 0 Å². The van der Waals surface area contributed by atoms with Gasteiger partial charge < -0.3 is 0 Å². The second-order valence-electron chi connectivity index (χ2n) is 7.42. The first-order chi connectivity index (χ1) is 12.5. The molecular weight excluding hydrogens is 366 g/mol. The highest BCUT2D eigenvalue weighted by molar-refractivity contribution is 7.89. The Bertz CT molecular complexity index is 856. The molecule has 1 saturated heterocycles. The Balaban J connectivity index is 1.81. The molecule has 0 unspecified atom stereocenters. The predicted octanol–water partition coefficient (Wildman–Crippen LogP) is 4.99. The molecule has 0 amide bonds. The van der Waals surface area contributed by atoms with E-state index in [1.165, 1.54) is 0 Å². The van der Waals surface area contributed by atoms with E-state index in [2.05, 4.69) is 0 Å². The average molecular weight is 390 g/mol. The van der Waals surface area contributed by atoms with E-state index in [4.69, 9.17) is 11.6 Å². The van der Waals surface area contributed by atoms with Crippen LogP contribution in [0.25, 0.3) is 0 Å². The van der Waals surface area contributed by atoms with Crippen LogP contribution in [0.4, 0.5) is 0 Å². The first-order valence-corrected chi connectivity index (χ1v) is 11.1. The van der Waals surface area contributed by atoms with Gasteiger partial charge in [-0.2, -0.15) is 4.31 Å².